The molecule has 0 unspecified atom stereocenters. The Hall–Kier alpha value is -7.23. The van der Waals surface area contributed by atoms with Crippen LogP contribution in [0.5, 0.6) is 0 Å². The number of fused-ring (bicyclic) bond motifs is 9. The molecule has 0 saturated carbocycles. The summed E-state index contributed by atoms with van der Waals surface area (Å²) in [5.41, 5.74) is 23.6. The summed E-state index contributed by atoms with van der Waals surface area (Å²) in [7, 11) is 0. The van der Waals surface area contributed by atoms with Crippen LogP contribution in [0, 0.1) is 0 Å². The monoisotopic (exact) mass is 797 g/mol. The van der Waals surface area contributed by atoms with E-state index in [1.807, 2.05) is 0 Å². The van der Waals surface area contributed by atoms with Crippen LogP contribution in [-0.2, 0) is 17.3 Å². The van der Waals surface area contributed by atoms with E-state index in [4.69, 9.17) is 15.0 Å². The van der Waals surface area contributed by atoms with Crippen LogP contribution in [0.2, 0.25) is 0 Å². The maximum atomic E-state index is 5.28. The van der Waals surface area contributed by atoms with Gasteiger partial charge >= 0.3 is 0 Å². The first-order chi connectivity index (χ1) is 29.7. The minimum atomic E-state index is -0.140. The summed E-state index contributed by atoms with van der Waals surface area (Å²) in [4.78, 5) is 15.8. The second-order valence-electron chi connectivity index (χ2n) is 18.0. The van der Waals surface area contributed by atoms with E-state index in [1.54, 1.807) is 0 Å². The van der Waals surface area contributed by atoms with Crippen LogP contribution in [0.3, 0.4) is 0 Å². The lowest BCUT2D eigenvalue weighted by atomic mass is 9.82. The van der Waals surface area contributed by atoms with Gasteiger partial charge in [0.05, 0.1) is 0 Å². The molecule has 9 aromatic rings. The third-order valence-corrected chi connectivity index (χ3v) is 13.9. The fourth-order valence-corrected chi connectivity index (χ4v) is 10.6. The smallest absolute Gasteiger partial charge is 0.164 e. The first-order valence-corrected chi connectivity index (χ1v) is 21.4. The number of rotatable bonds is 5. The van der Waals surface area contributed by atoms with E-state index >= 15 is 0 Å². The highest BCUT2D eigenvalue weighted by Crippen LogP contribution is 2.51. The number of benzene rings is 8. The molecule has 3 aliphatic carbocycles. The molecule has 1 aromatic heterocycles. The van der Waals surface area contributed by atoms with Crippen LogP contribution in [0.15, 0.2) is 176 Å². The van der Waals surface area contributed by atoms with Crippen molar-refractivity contribution >= 4 is 0 Å². The molecule has 0 amide bonds. The molecule has 0 radical (unpaired) electrons. The van der Waals surface area contributed by atoms with E-state index in [0.29, 0.717) is 17.5 Å². The van der Waals surface area contributed by atoms with Gasteiger partial charge in [-0.2, -0.15) is 0 Å². The number of aromatic nitrogens is 3. The molecule has 298 valence electrons. The summed E-state index contributed by atoms with van der Waals surface area (Å²) in [6.45, 7) is 9.28. The summed E-state index contributed by atoms with van der Waals surface area (Å²) >= 11 is 0. The maximum Gasteiger partial charge on any atom is 0.164 e. The van der Waals surface area contributed by atoms with Crippen molar-refractivity contribution < 1.29 is 0 Å². The van der Waals surface area contributed by atoms with Crippen LogP contribution in [0.1, 0.15) is 68.5 Å². The van der Waals surface area contributed by atoms with Crippen LogP contribution >= 0.6 is 0 Å². The van der Waals surface area contributed by atoms with Crippen molar-refractivity contribution in [2.45, 2.75) is 52.4 Å². The quantitative estimate of drug-likeness (QED) is 0.174. The van der Waals surface area contributed by atoms with Crippen LogP contribution in [0.4, 0.5) is 0 Å². The summed E-state index contributed by atoms with van der Waals surface area (Å²) in [5.74, 6) is 2.01. The standard InChI is InChI=1S/C58H43N3.CH4/c1-57(2)50-22-10-8-16-44(50)46-30-28-38(32-52(46)57)55-59-54(60-56(61-55)39-29-31-47-45-17-9-11-23-51(45)58(3,4)53(47)33-39)37-26-24-36(25-27-37)41-19-13-21-43-42-20-12-18-40(48(42)34-49(41)43)35-14-6-5-7-15-35;/h5-33H,34H2,1-4H3;1H4. The topological polar surface area (TPSA) is 38.7 Å². The molecule has 0 saturated heterocycles. The first-order valence-electron chi connectivity index (χ1n) is 21.4. The number of nitrogens with zero attached hydrogens (tertiary/aromatic N) is 3. The Kier molecular flexibility index (Phi) is 8.47. The van der Waals surface area contributed by atoms with Crippen molar-refractivity contribution in [3.63, 3.8) is 0 Å². The molecule has 1 heterocycles. The Bertz CT molecular complexity index is 3140. The Morgan fingerprint density at radius 3 is 1.16 bits per heavy atom. The minimum absolute atomic E-state index is 0. The maximum absolute atomic E-state index is 5.28. The molecular formula is C59H47N3. The van der Waals surface area contributed by atoms with Crippen LogP contribution in [0.25, 0.3) is 89.8 Å². The number of hydrogen-bond acceptors (Lipinski definition) is 3. The van der Waals surface area contributed by atoms with E-state index in [9.17, 15) is 0 Å². The zero-order valence-corrected chi connectivity index (χ0v) is 34.8. The largest absolute Gasteiger partial charge is 0.208 e. The molecule has 0 aliphatic heterocycles. The predicted molar refractivity (Wildman–Crippen MR) is 257 cm³/mol. The summed E-state index contributed by atoms with van der Waals surface area (Å²) in [5, 5.41) is 0. The highest BCUT2D eigenvalue weighted by molar-refractivity contribution is 5.90. The highest BCUT2D eigenvalue weighted by atomic mass is 15.0. The molecule has 0 N–H and O–H groups in total. The molecule has 0 spiro atoms. The Labute approximate surface area is 364 Å². The van der Waals surface area contributed by atoms with Gasteiger partial charge in [-0.15, -0.1) is 0 Å². The van der Waals surface area contributed by atoms with Gasteiger partial charge in [0.1, 0.15) is 0 Å². The summed E-state index contributed by atoms with van der Waals surface area (Å²) in [6, 6.07) is 64.1. The zero-order chi connectivity index (χ0) is 41.0. The van der Waals surface area contributed by atoms with Gasteiger partial charge < -0.3 is 0 Å². The number of hydrogen-bond donors (Lipinski definition) is 0. The van der Waals surface area contributed by atoms with Crippen molar-refractivity contribution in [3.05, 3.63) is 209 Å². The van der Waals surface area contributed by atoms with E-state index in [-0.39, 0.29) is 18.3 Å². The summed E-state index contributed by atoms with van der Waals surface area (Å²) < 4.78 is 0. The van der Waals surface area contributed by atoms with Crippen molar-refractivity contribution in [1.82, 2.24) is 15.0 Å². The average molecular weight is 798 g/mol. The average Bonchev–Trinajstić information content (AvgIpc) is 3.89. The van der Waals surface area contributed by atoms with Gasteiger partial charge in [-0.3, -0.25) is 0 Å². The lowest BCUT2D eigenvalue weighted by Crippen LogP contribution is -2.15. The second kappa shape index (κ2) is 13.9. The third kappa shape index (κ3) is 5.61. The van der Waals surface area contributed by atoms with E-state index in [2.05, 4.69) is 204 Å². The summed E-state index contributed by atoms with van der Waals surface area (Å²) in [6.07, 6.45) is 0.902. The van der Waals surface area contributed by atoms with E-state index in [1.165, 1.54) is 89.0 Å². The van der Waals surface area contributed by atoms with Crippen molar-refractivity contribution in [1.29, 1.82) is 0 Å². The van der Waals surface area contributed by atoms with Crippen molar-refractivity contribution in [2.75, 3.05) is 0 Å². The molecule has 0 fully saturated rings. The van der Waals surface area contributed by atoms with Crippen molar-refractivity contribution in [3.8, 4) is 89.8 Å². The van der Waals surface area contributed by atoms with Crippen molar-refractivity contribution in [2.24, 2.45) is 0 Å². The molecule has 0 atom stereocenters. The van der Waals surface area contributed by atoms with Gasteiger partial charge in [-0.25, -0.2) is 15.0 Å². The van der Waals surface area contributed by atoms with Gasteiger partial charge in [0.25, 0.3) is 0 Å². The van der Waals surface area contributed by atoms with Gasteiger partial charge in [-0.05, 0) is 108 Å². The zero-order valence-electron chi connectivity index (χ0n) is 34.8. The highest BCUT2D eigenvalue weighted by Gasteiger charge is 2.37. The predicted octanol–water partition coefficient (Wildman–Crippen LogP) is 15.0. The molecule has 62 heavy (non-hydrogen) atoms. The first kappa shape index (κ1) is 37.7. The van der Waals surface area contributed by atoms with E-state index in [0.717, 1.165) is 23.1 Å². The third-order valence-electron chi connectivity index (χ3n) is 13.9. The molecule has 3 heteroatoms. The van der Waals surface area contributed by atoms with Gasteiger partial charge in [0, 0.05) is 27.5 Å². The molecule has 0 bridgehead atoms. The lowest BCUT2D eigenvalue weighted by molar-refractivity contribution is 0.660. The van der Waals surface area contributed by atoms with E-state index < -0.39 is 0 Å². The normalized spacial score (nSPS) is 14.2. The Balaban J connectivity index is 0.00000432. The lowest BCUT2D eigenvalue weighted by Gasteiger charge is -2.22. The Morgan fingerprint density at radius 2 is 0.661 bits per heavy atom. The van der Waals surface area contributed by atoms with Crippen LogP contribution in [-0.4, -0.2) is 15.0 Å². The second-order valence-corrected chi connectivity index (χ2v) is 18.0. The van der Waals surface area contributed by atoms with Gasteiger partial charge in [-0.1, -0.05) is 199 Å². The molecular weight excluding hydrogens is 751 g/mol. The van der Waals surface area contributed by atoms with Gasteiger partial charge in [0.2, 0.25) is 0 Å². The molecule has 3 nitrogen and oxygen atoms in total. The molecule has 8 aromatic carbocycles. The minimum Gasteiger partial charge on any atom is -0.208 e. The van der Waals surface area contributed by atoms with Crippen LogP contribution < -0.4 is 0 Å². The Morgan fingerprint density at radius 1 is 0.306 bits per heavy atom. The SMILES string of the molecule is C.CC1(C)c2ccccc2-c2ccc(-c3nc(-c4ccc(-c5cccc6c5Cc5c(-c7ccccc7)cccc5-6)cc4)nc(-c4ccc5c(c4)C(C)(C)c4ccccc4-5)n3)cc21. The fraction of sp³-hybridized carbons (Fsp3) is 0.136. The fourth-order valence-electron chi connectivity index (χ4n) is 10.6. The molecule has 3 aliphatic rings. The van der Waals surface area contributed by atoms with Gasteiger partial charge in [0.15, 0.2) is 17.5 Å². The molecule has 12 rings (SSSR count).